The summed E-state index contributed by atoms with van der Waals surface area (Å²) in [5.41, 5.74) is 2.24. The molecule has 0 atom stereocenters. The third-order valence-electron chi connectivity index (χ3n) is 5.24. The van der Waals surface area contributed by atoms with Gasteiger partial charge in [0.05, 0.1) is 18.9 Å². The standard InChI is InChI=1S/C22H20F3N3O2/c1-27-20-9-10-28(22(29)21-17(24)7-4-8-18(21)25)11-15(20)19(26-27)13-30-12-14-5-2-3-6-16(14)23/h2-8H,9-13H2,1H3. The number of aromatic nitrogens is 2. The molecule has 3 aromatic rings. The summed E-state index contributed by atoms with van der Waals surface area (Å²) >= 11 is 0. The molecule has 0 saturated heterocycles. The number of carbonyl (C=O) groups excluding carboxylic acids is 1. The maximum absolute atomic E-state index is 14.0. The number of hydrogen-bond acceptors (Lipinski definition) is 3. The van der Waals surface area contributed by atoms with Crippen LogP contribution in [0.4, 0.5) is 13.2 Å². The van der Waals surface area contributed by atoms with Crippen molar-refractivity contribution in [2.45, 2.75) is 26.2 Å². The van der Waals surface area contributed by atoms with Gasteiger partial charge in [-0.1, -0.05) is 24.3 Å². The minimum Gasteiger partial charge on any atom is -0.370 e. The molecule has 1 amide bonds. The monoisotopic (exact) mass is 415 g/mol. The molecule has 2 heterocycles. The number of rotatable bonds is 5. The van der Waals surface area contributed by atoms with Crippen LogP contribution in [-0.4, -0.2) is 27.1 Å². The van der Waals surface area contributed by atoms with E-state index in [9.17, 15) is 18.0 Å². The van der Waals surface area contributed by atoms with Gasteiger partial charge in [0, 0.05) is 43.4 Å². The summed E-state index contributed by atoms with van der Waals surface area (Å²) in [6.45, 7) is 0.720. The number of carbonyl (C=O) groups is 1. The minimum absolute atomic E-state index is 0.0844. The third kappa shape index (κ3) is 3.82. The summed E-state index contributed by atoms with van der Waals surface area (Å²) in [5, 5.41) is 4.46. The fourth-order valence-electron chi connectivity index (χ4n) is 3.69. The van der Waals surface area contributed by atoms with Crippen molar-refractivity contribution in [3.63, 3.8) is 0 Å². The lowest BCUT2D eigenvalue weighted by Gasteiger charge is -2.28. The maximum atomic E-state index is 14.0. The van der Waals surface area contributed by atoms with Gasteiger partial charge in [-0.15, -0.1) is 0 Å². The van der Waals surface area contributed by atoms with Gasteiger partial charge < -0.3 is 9.64 Å². The molecule has 0 N–H and O–H groups in total. The summed E-state index contributed by atoms with van der Waals surface area (Å²) in [4.78, 5) is 14.2. The second-order valence-corrected chi connectivity index (χ2v) is 7.15. The number of hydrogen-bond donors (Lipinski definition) is 0. The van der Waals surface area contributed by atoms with E-state index in [1.54, 1.807) is 29.9 Å². The van der Waals surface area contributed by atoms with Gasteiger partial charge in [0.1, 0.15) is 23.0 Å². The molecule has 0 unspecified atom stereocenters. The molecule has 156 valence electrons. The molecule has 0 spiro atoms. The Labute approximate surface area is 171 Å². The van der Waals surface area contributed by atoms with Crippen LogP contribution in [0.15, 0.2) is 42.5 Å². The summed E-state index contributed by atoms with van der Waals surface area (Å²) < 4.78 is 49.2. The number of amides is 1. The molecule has 5 nitrogen and oxygen atoms in total. The lowest BCUT2D eigenvalue weighted by molar-refractivity contribution is 0.0717. The lowest BCUT2D eigenvalue weighted by atomic mass is 10.0. The summed E-state index contributed by atoms with van der Waals surface area (Å²) in [6.07, 6.45) is 0.508. The summed E-state index contributed by atoms with van der Waals surface area (Å²) in [6, 6.07) is 9.71. The average molecular weight is 415 g/mol. The Morgan fingerprint density at radius 1 is 1.03 bits per heavy atom. The quantitative estimate of drug-likeness (QED) is 0.638. The second kappa shape index (κ2) is 8.31. The van der Waals surface area contributed by atoms with E-state index in [0.29, 0.717) is 24.2 Å². The highest BCUT2D eigenvalue weighted by atomic mass is 19.1. The van der Waals surface area contributed by atoms with Crippen LogP contribution < -0.4 is 0 Å². The van der Waals surface area contributed by atoms with Crippen LogP contribution in [0.2, 0.25) is 0 Å². The fraction of sp³-hybridized carbons (Fsp3) is 0.273. The molecule has 0 saturated carbocycles. The van der Waals surface area contributed by atoms with E-state index in [-0.39, 0.29) is 25.6 Å². The molecular formula is C22H20F3N3O2. The Kier molecular flexibility index (Phi) is 5.59. The predicted molar refractivity (Wildman–Crippen MR) is 103 cm³/mol. The highest BCUT2D eigenvalue weighted by Gasteiger charge is 2.30. The zero-order valence-corrected chi connectivity index (χ0v) is 16.4. The molecule has 30 heavy (non-hydrogen) atoms. The minimum atomic E-state index is -0.884. The second-order valence-electron chi connectivity index (χ2n) is 7.15. The maximum Gasteiger partial charge on any atom is 0.260 e. The first-order valence-electron chi connectivity index (χ1n) is 9.53. The zero-order chi connectivity index (χ0) is 21.3. The smallest absolute Gasteiger partial charge is 0.260 e. The molecule has 0 aliphatic carbocycles. The SMILES string of the molecule is Cn1nc(COCc2ccccc2F)c2c1CCN(C(=O)c1c(F)cccc1F)C2. The van der Waals surface area contributed by atoms with E-state index in [2.05, 4.69) is 5.10 Å². The van der Waals surface area contributed by atoms with Gasteiger partial charge >= 0.3 is 0 Å². The first kappa shape index (κ1) is 20.2. The lowest BCUT2D eigenvalue weighted by Crippen LogP contribution is -2.37. The van der Waals surface area contributed by atoms with Crippen LogP contribution in [0.1, 0.15) is 32.9 Å². The number of fused-ring (bicyclic) bond motifs is 1. The topological polar surface area (TPSA) is 47.4 Å². The van der Waals surface area contributed by atoms with E-state index in [1.165, 1.54) is 17.0 Å². The molecule has 0 fully saturated rings. The predicted octanol–water partition coefficient (Wildman–Crippen LogP) is 3.75. The molecule has 2 aromatic carbocycles. The van der Waals surface area contributed by atoms with E-state index in [0.717, 1.165) is 23.4 Å². The molecule has 1 aliphatic heterocycles. The van der Waals surface area contributed by atoms with Crippen molar-refractivity contribution in [3.8, 4) is 0 Å². The van der Waals surface area contributed by atoms with Crippen molar-refractivity contribution in [1.29, 1.82) is 0 Å². The third-order valence-corrected chi connectivity index (χ3v) is 5.24. The van der Waals surface area contributed by atoms with Crippen LogP contribution in [0.5, 0.6) is 0 Å². The van der Waals surface area contributed by atoms with Gasteiger partial charge in [-0.05, 0) is 18.2 Å². The van der Waals surface area contributed by atoms with Gasteiger partial charge in [0.15, 0.2) is 0 Å². The molecule has 0 radical (unpaired) electrons. The summed E-state index contributed by atoms with van der Waals surface area (Å²) in [5.74, 6) is -2.81. The first-order chi connectivity index (χ1) is 14.5. The normalized spacial score (nSPS) is 13.4. The van der Waals surface area contributed by atoms with Crippen molar-refractivity contribution in [2.75, 3.05) is 6.54 Å². The van der Waals surface area contributed by atoms with Crippen molar-refractivity contribution < 1.29 is 22.7 Å². The average Bonchev–Trinajstić information content (AvgIpc) is 3.04. The highest BCUT2D eigenvalue weighted by Crippen LogP contribution is 2.25. The largest absolute Gasteiger partial charge is 0.370 e. The van der Waals surface area contributed by atoms with Crippen molar-refractivity contribution in [2.24, 2.45) is 7.05 Å². The Bertz CT molecular complexity index is 1080. The van der Waals surface area contributed by atoms with Crippen LogP contribution in [-0.2, 0) is 38.0 Å². The molecule has 1 aromatic heterocycles. The molecule has 1 aliphatic rings. The Morgan fingerprint density at radius 2 is 1.73 bits per heavy atom. The van der Waals surface area contributed by atoms with E-state index in [1.807, 2.05) is 0 Å². The highest BCUT2D eigenvalue weighted by molar-refractivity contribution is 5.94. The molecule has 8 heteroatoms. The van der Waals surface area contributed by atoms with Gasteiger partial charge in [-0.3, -0.25) is 9.48 Å². The first-order valence-corrected chi connectivity index (χ1v) is 9.53. The van der Waals surface area contributed by atoms with Gasteiger partial charge in [0.25, 0.3) is 5.91 Å². The van der Waals surface area contributed by atoms with Crippen LogP contribution in [0.25, 0.3) is 0 Å². The van der Waals surface area contributed by atoms with Crippen LogP contribution >= 0.6 is 0 Å². The number of nitrogens with zero attached hydrogens (tertiary/aromatic N) is 3. The van der Waals surface area contributed by atoms with Crippen molar-refractivity contribution >= 4 is 5.91 Å². The van der Waals surface area contributed by atoms with Gasteiger partial charge in [0.2, 0.25) is 0 Å². The van der Waals surface area contributed by atoms with Crippen LogP contribution in [0.3, 0.4) is 0 Å². The molecule has 4 rings (SSSR count). The molecular weight excluding hydrogens is 395 g/mol. The summed E-state index contributed by atoms with van der Waals surface area (Å²) in [7, 11) is 1.80. The molecule has 0 bridgehead atoms. The van der Waals surface area contributed by atoms with E-state index >= 15 is 0 Å². The van der Waals surface area contributed by atoms with Crippen molar-refractivity contribution in [1.82, 2.24) is 14.7 Å². The van der Waals surface area contributed by atoms with E-state index in [4.69, 9.17) is 4.74 Å². The fourth-order valence-corrected chi connectivity index (χ4v) is 3.69. The van der Waals surface area contributed by atoms with Crippen LogP contribution in [0, 0.1) is 17.5 Å². The van der Waals surface area contributed by atoms with Gasteiger partial charge in [-0.25, -0.2) is 13.2 Å². The Morgan fingerprint density at radius 3 is 2.47 bits per heavy atom. The zero-order valence-electron chi connectivity index (χ0n) is 16.4. The van der Waals surface area contributed by atoms with Crippen molar-refractivity contribution in [3.05, 3.63) is 88.0 Å². The van der Waals surface area contributed by atoms with E-state index < -0.39 is 23.1 Å². The van der Waals surface area contributed by atoms with Gasteiger partial charge in [-0.2, -0.15) is 5.10 Å². The number of aryl methyl sites for hydroxylation is 1. The Hall–Kier alpha value is -3.13. The number of halogens is 3. The number of benzene rings is 2. The Balaban J connectivity index is 1.50. The number of ether oxygens (including phenoxy) is 1.